The van der Waals surface area contributed by atoms with Crippen LogP contribution in [0.2, 0.25) is 0 Å². The summed E-state index contributed by atoms with van der Waals surface area (Å²) in [6.07, 6.45) is -3.25. The van der Waals surface area contributed by atoms with Crippen molar-refractivity contribution in [3.63, 3.8) is 0 Å². The molecule has 4 atom stereocenters. The molecule has 114 valence electrons. The third kappa shape index (κ3) is 10.2. The van der Waals surface area contributed by atoms with Crippen molar-refractivity contribution < 1.29 is 99.1 Å². The van der Waals surface area contributed by atoms with E-state index in [1.807, 2.05) is 0 Å². The van der Waals surface area contributed by atoms with Gasteiger partial charge in [0.25, 0.3) is 0 Å². The van der Waals surface area contributed by atoms with Crippen LogP contribution in [0, 0.1) is 0 Å². The van der Waals surface area contributed by atoms with Crippen molar-refractivity contribution in [2.45, 2.75) is 37.7 Å². The van der Waals surface area contributed by atoms with Gasteiger partial charge >= 0.3 is 59.1 Å². The molecular weight excluding hydrogens is 352 g/mol. The molecule has 1 fully saturated rings. The maximum absolute atomic E-state index is 10.6. The van der Waals surface area contributed by atoms with E-state index in [1.54, 1.807) is 4.72 Å². The number of hydrogen-bond acceptors (Lipinski definition) is 9. The maximum Gasteiger partial charge on any atom is 1.00 e. The van der Waals surface area contributed by atoms with Crippen LogP contribution in [-0.2, 0) is 29.6 Å². The van der Waals surface area contributed by atoms with Crippen molar-refractivity contribution in [1.82, 2.24) is 4.72 Å². The predicted octanol–water partition coefficient (Wildman–Crippen LogP) is -8.57. The normalized spacial score (nSPS) is 30.1. The van der Waals surface area contributed by atoms with E-state index < -0.39 is 51.7 Å². The fourth-order valence-electron chi connectivity index (χ4n) is 1.78. The summed E-state index contributed by atoms with van der Waals surface area (Å²) in [6, 6.07) is -1.15. The quantitative estimate of drug-likeness (QED) is 0.273. The summed E-state index contributed by atoms with van der Waals surface area (Å²) in [4.78, 5) is 0. The minimum atomic E-state index is -4.87. The number of aliphatic hydroxyl groups excluding tert-OH is 1. The molecule has 21 heavy (non-hydrogen) atoms. The molecule has 0 aromatic carbocycles. The van der Waals surface area contributed by atoms with E-state index in [4.69, 9.17) is 4.74 Å². The molecule has 14 heteroatoms. The molecule has 0 aliphatic carbocycles. The van der Waals surface area contributed by atoms with Crippen molar-refractivity contribution in [3.05, 3.63) is 0 Å². The Hall–Kier alpha value is 1.66. The summed E-state index contributed by atoms with van der Waals surface area (Å²) in [6.45, 7) is 0.786. The molecule has 0 aromatic rings. The Morgan fingerprint density at radius 1 is 1.29 bits per heavy atom. The van der Waals surface area contributed by atoms with Crippen molar-refractivity contribution in [1.29, 1.82) is 0 Å². The molecule has 1 aliphatic rings. The molecule has 0 amide bonds. The van der Waals surface area contributed by atoms with E-state index in [9.17, 15) is 31.0 Å². The molecule has 1 saturated heterocycles. The number of nitrogens with one attached hydrogen (secondary N) is 1. The zero-order chi connectivity index (χ0) is 14.8. The first-order chi connectivity index (χ1) is 8.48. The van der Waals surface area contributed by atoms with Gasteiger partial charge in [0.2, 0.25) is 10.4 Å². The Balaban J connectivity index is 0. The third-order valence-electron chi connectivity index (χ3n) is 2.51. The number of aliphatic hydroxyl groups is 1. The average Bonchev–Trinajstić information content (AvgIpc) is 2.18. The number of rotatable bonds is 5. The van der Waals surface area contributed by atoms with Crippen molar-refractivity contribution in [2.24, 2.45) is 0 Å². The van der Waals surface area contributed by atoms with Gasteiger partial charge in [-0.25, -0.2) is 21.6 Å². The van der Waals surface area contributed by atoms with Crippen molar-refractivity contribution >= 4 is 20.7 Å². The molecule has 2 N–H and O–H groups in total. The van der Waals surface area contributed by atoms with Crippen LogP contribution in [-0.4, -0.2) is 62.0 Å². The van der Waals surface area contributed by atoms with Gasteiger partial charge in [-0.3, -0.25) is 4.18 Å². The van der Waals surface area contributed by atoms with Crippen LogP contribution in [0.5, 0.6) is 0 Å². The van der Waals surface area contributed by atoms with Gasteiger partial charge < -0.3 is 18.9 Å². The van der Waals surface area contributed by atoms with E-state index in [2.05, 4.69) is 4.18 Å². The second-order valence-electron chi connectivity index (χ2n) is 4.06. The van der Waals surface area contributed by atoms with Crippen LogP contribution in [0.15, 0.2) is 0 Å². The van der Waals surface area contributed by atoms with Crippen LogP contribution in [0.1, 0.15) is 13.3 Å². The average molecular weight is 365 g/mol. The van der Waals surface area contributed by atoms with Gasteiger partial charge in [-0.1, -0.05) is 0 Å². The first-order valence-corrected chi connectivity index (χ1v) is 7.89. The monoisotopic (exact) mass is 365 g/mol. The zero-order valence-electron chi connectivity index (χ0n) is 11.8. The van der Waals surface area contributed by atoms with Gasteiger partial charge in [-0.05, 0) is 6.92 Å². The summed E-state index contributed by atoms with van der Waals surface area (Å²) < 4.78 is 73.2. The fraction of sp³-hybridized carbons (Fsp3) is 1.00. The molecule has 0 spiro atoms. The summed E-state index contributed by atoms with van der Waals surface area (Å²) >= 11 is 0. The zero-order valence-corrected chi connectivity index (χ0v) is 17.4. The summed E-state index contributed by atoms with van der Waals surface area (Å²) in [5.74, 6) is 0. The van der Waals surface area contributed by atoms with Gasteiger partial charge in [0.05, 0.1) is 31.0 Å². The Bertz CT molecular complexity index is 498. The Labute approximate surface area is 167 Å². The van der Waals surface area contributed by atoms with Gasteiger partial charge in [0.15, 0.2) is 10.3 Å². The van der Waals surface area contributed by atoms with E-state index >= 15 is 0 Å². The van der Waals surface area contributed by atoms with E-state index in [1.165, 1.54) is 6.92 Å². The second kappa shape index (κ2) is 9.84. The maximum atomic E-state index is 10.6. The summed E-state index contributed by atoms with van der Waals surface area (Å²) in [5, 5.41) is 9.67. The Morgan fingerprint density at radius 3 is 2.19 bits per heavy atom. The minimum Gasteiger partial charge on any atom is -0.735 e. The van der Waals surface area contributed by atoms with Gasteiger partial charge in [0.1, 0.15) is 0 Å². The van der Waals surface area contributed by atoms with Gasteiger partial charge in [-0.15, -0.1) is 0 Å². The van der Waals surface area contributed by atoms with Gasteiger partial charge in [-0.2, -0.15) is 0 Å². The molecule has 1 rings (SSSR count). The molecule has 10 nitrogen and oxygen atoms in total. The van der Waals surface area contributed by atoms with Crippen LogP contribution in [0.3, 0.4) is 0 Å². The Kier molecular flexibility index (Phi) is 11.7. The molecular formula is C7H13NNa2O9S2. The minimum absolute atomic E-state index is 0. The largest absolute Gasteiger partial charge is 1.00 e. The van der Waals surface area contributed by atoms with Crippen molar-refractivity contribution in [2.75, 3.05) is 6.61 Å². The van der Waals surface area contributed by atoms with Crippen LogP contribution >= 0.6 is 0 Å². The predicted molar refractivity (Wildman–Crippen MR) is 57.2 cm³/mol. The Morgan fingerprint density at radius 2 is 1.81 bits per heavy atom. The standard InChI is InChI=1S/C7H15NO9S2.2Na/c1-4-7(8-18(10,11)12)6(9)2-5(17-4)3-16-19(13,14)15;;/h4-9H,2-3H2,1H3,(H,10,11,12)(H,13,14,15);;/q;2*+1/p-2. The van der Waals surface area contributed by atoms with Crippen LogP contribution in [0.4, 0.5) is 0 Å². The summed E-state index contributed by atoms with van der Waals surface area (Å²) in [5.41, 5.74) is 0. The first kappa shape index (κ1) is 24.9. The topological polar surface area (TPSA) is 165 Å². The smallest absolute Gasteiger partial charge is 0.735 e. The van der Waals surface area contributed by atoms with Crippen molar-refractivity contribution in [3.8, 4) is 0 Å². The fourth-order valence-corrected chi connectivity index (χ4v) is 2.78. The first-order valence-electron chi connectivity index (χ1n) is 5.15. The number of hydrogen-bond donors (Lipinski definition) is 2. The van der Waals surface area contributed by atoms with Crippen LogP contribution in [0.25, 0.3) is 0 Å². The molecule has 0 radical (unpaired) electrons. The molecule has 0 bridgehead atoms. The van der Waals surface area contributed by atoms with E-state index in [-0.39, 0.29) is 65.5 Å². The van der Waals surface area contributed by atoms with Crippen LogP contribution < -0.4 is 63.8 Å². The molecule has 4 unspecified atom stereocenters. The SMILES string of the molecule is CC1OC(COS(=O)(=O)[O-])CC(O)C1NS(=O)(=O)[O-].[Na+].[Na+]. The third-order valence-corrected chi connectivity index (χ3v) is 3.50. The van der Waals surface area contributed by atoms with Gasteiger partial charge in [0, 0.05) is 6.42 Å². The van der Waals surface area contributed by atoms with E-state index in [0.29, 0.717) is 0 Å². The molecule has 0 saturated carbocycles. The molecule has 0 aromatic heterocycles. The second-order valence-corrected chi connectivity index (χ2v) is 6.25. The summed E-state index contributed by atoms with van der Waals surface area (Å²) in [7, 11) is -9.63. The molecule has 1 aliphatic heterocycles. The number of ether oxygens (including phenoxy) is 1. The van der Waals surface area contributed by atoms with E-state index in [0.717, 1.165) is 0 Å². The molecule has 1 heterocycles.